The maximum atomic E-state index is 6.04. The molecule has 0 bridgehead atoms. The van der Waals surface area contributed by atoms with Gasteiger partial charge in [0.1, 0.15) is 23.2 Å². The molecule has 2 aromatic carbocycles. The van der Waals surface area contributed by atoms with Crippen LogP contribution in [0.25, 0.3) is 22.4 Å². The third-order valence-electron chi connectivity index (χ3n) is 6.38. The van der Waals surface area contributed by atoms with Crippen LogP contribution in [0.4, 0.5) is 11.5 Å². The quantitative estimate of drug-likeness (QED) is 0.365. The second kappa shape index (κ2) is 9.99. The van der Waals surface area contributed by atoms with Gasteiger partial charge in [0.25, 0.3) is 5.71 Å². The molecule has 0 radical (unpaired) electrons. The van der Waals surface area contributed by atoms with E-state index in [1.165, 1.54) is 17.6 Å². The molecule has 1 N–H and O–H groups in total. The summed E-state index contributed by atoms with van der Waals surface area (Å²) in [6.07, 6.45) is 2.53. The lowest BCUT2D eigenvalue weighted by Gasteiger charge is -2.41. The van der Waals surface area contributed by atoms with Crippen molar-refractivity contribution in [3.8, 4) is 11.3 Å². The van der Waals surface area contributed by atoms with Gasteiger partial charge in [-0.05, 0) is 56.6 Å². The van der Waals surface area contributed by atoms with Crippen LogP contribution < -0.4 is 10.2 Å². The lowest BCUT2D eigenvalue weighted by Crippen LogP contribution is -2.52. The van der Waals surface area contributed by atoms with Gasteiger partial charge < -0.3 is 14.7 Å². The van der Waals surface area contributed by atoms with E-state index in [4.69, 9.17) is 16.1 Å². The van der Waals surface area contributed by atoms with E-state index in [1.54, 1.807) is 0 Å². The van der Waals surface area contributed by atoms with Crippen molar-refractivity contribution in [3.05, 3.63) is 65.4 Å². The number of nitrogens with one attached hydrogen (secondary N) is 1. The minimum atomic E-state index is 0.476. The Morgan fingerprint density at radius 3 is 2.76 bits per heavy atom. The van der Waals surface area contributed by atoms with Crippen LogP contribution in [-0.4, -0.2) is 58.8 Å². The standard InChI is InChI=1S/C26H29ClN6O/c1-18-5-3-6-22(15-18)33-14-13-32(16-19(33)2)12-4-11-28-25-23-24(20-7-9-21(27)10-8-20)31-34-26(23)30-17-29-25/h3,5-10,15,17,19H,4,11-14,16H2,1-2H3,(H,28,29,30)/t19-/m0/s1. The minimum absolute atomic E-state index is 0.476. The number of piperazine rings is 1. The lowest BCUT2D eigenvalue weighted by molar-refractivity contribution is 0.228. The minimum Gasteiger partial charge on any atom is -0.369 e. The van der Waals surface area contributed by atoms with Gasteiger partial charge in [0.05, 0.1) is 0 Å². The monoisotopic (exact) mass is 476 g/mol. The van der Waals surface area contributed by atoms with Crippen molar-refractivity contribution >= 4 is 34.2 Å². The second-order valence-electron chi connectivity index (χ2n) is 8.90. The smallest absolute Gasteiger partial charge is 0.263 e. The van der Waals surface area contributed by atoms with Gasteiger partial charge in [0.2, 0.25) is 0 Å². The van der Waals surface area contributed by atoms with Crippen LogP contribution in [0.1, 0.15) is 18.9 Å². The first-order valence-corrected chi connectivity index (χ1v) is 12.1. The third-order valence-corrected chi connectivity index (χ3v) is 6.63. The summed E-state index contributed by atoms with van der Waals surface area (Å²) in [6, 6.07) is 16.8. The van der Waals surface area contributed by atoms with E-state index in [0.29, 0.717) is 16.8 Å². The average molecular weight is 477 g/mol. The van der Waals surface area contributed by atoms with Gasteiger partial charge >= 0.3 is 0 Å². The highest BCUT2D eigenvalue weighted by Gasteiger charge is 2.23. The SMILES string of the molecule is Cc1cccc(N2CCN(CCCNc3ncnc4onc(-c5ccc(Cl)cc5)c34)C[C@@H]2C)c1. The van der Waals surface area contributed by atoms with Gasteiger partial charge in [0.15, 0.2) is 0 Å². The fourth-order valence-corrected chi connectivity index (χ4v) is 4.79. The summed E-state index contributed by atoms with van der Waals surface area (Å²) in [7, 11) is 0. The molecule has 34 heavy (non-hydrogen) atoms. The van der Waals surface area contributed by atoms with E-state index >= 15 is 0 Å². The maximum Gasteiger partial charge on any atom is 0.263 e. The van der Waals surface area contributed by atoms with Crippen LogP contribution in [0.5, 0.6) is 0 Å². The molecule has 8 heteroatoms. The highest BCUT2D eigenvalue weighted by Crippen LogP contribution is 2.31. The molecule has 1 aliphatic heterocycles. The van der Waals surface area contributed by atoms with Crippen molar-refractivity contribution in [2.45, 2.75) is 26.3 Å². The zero-order valence-electron chi connectivity index (χ0n) is 19.5. The number of hydrogen-bond acceptors (Lipinski definition) is 7. The van der Waals surface area contributed by atoms with Gasteiger partial charge in [0, 0.05) is 48.5 Å². The highest BCUT2D eigenvalue weighted by atomic mass is 35.5. The molecular weight excluding hydrogens is 448 g/mol. The molecule has 3 heterocycles. The van der Waals surface area contributed by atoms with Crippen molar-refractivity contribution in [2.75, 3.05) is 42.9 Å². The molecule has 0 unspecified atom stereocenters. The Kier molecular flexibility index (Phi) is 6.65. The zero-order valence-corrected chi connectivity index (χ0v) is 20.3. The number of nitrogens with zero attached hydrogens (tertiary/aromatic N) is 5. The number of rotatable bonds is 7. The Labute approximate surface area is 204 Å². The van der Waals surface area contributed by atoms with Gasteiger partial charge in [-0.2, -0.15) is 4.98 Å². The topological polar surface area (TPSA) is 70.3 Å². The summed E-state index contributed by atoms with van der Waals surface area (Å²) >= 11 is 6.04. The molecule has 4 aromatic rings. The molecule has 1 aliphatic rings. The lowest BCUT2D eigenvalue weighted by atomic mass is 10.1. The molecule has 5 rings (SSSR count). The van der Waals surface area contributed by atoms with Crippen LogP contribution in [-0.2, 0) is 0 Å². The number of anilines is 2. The third kappa shape index (κ3) is 4.86. The summed E-state index contributed by atoms with van der Waals surface area (Å²) < 4.78 is 5.45. The first-order valence-electron chi connectivity index (χ1n) is 11.7. The summed E-state index contributed by atoms with van der Waals surface area (Å²) in [5.74, 6) is 0.744. The number of benzene rings is 2. The normalized spacial score (nSPS) is 16.8. The first-order chi connectivity index (χ1) is 16.6. The Morgan fingerprint density at radius 2 is 1.97 bits per heavy atom. The number of aryl methyl sites for hydroxylation is 1. The predicted octanol–water partition coefficient (Wildman–Crippen LogP) is 5.26. The van der Waals surface area contributed by atoms with Gasteiger partial charge in [-0.3, -0.25) is 4.90 Å². The molecule has 1 atom stereocenters. The zero-order chi connectivity index (χ0) is 23.5. The Balaban J connectivity index is 1.18. The van der Waals surface area contributed by atoms with Crippen molar-refractivity contribution in [1.29, 1.82) is 0 Å². The van der Waals surface area contributed by atoms with Crippen LogP contribution in [0.2, 0.25) is 5.02 Å². The molecular formula is C26H29ClN6O. The predicted molar refractivity (Wildman–Crippen MR) is 138 cm³/mol. The van der Waals surface area contributed by atoms with E-state index in [1.807, 2.05) is 24.3 Å². The van der Waals surface area contributed by atoms with Crippen molar-refractivity contribution in [3.63, 3.8) is 0 Å². The van der Waals surface area contributed by atoms with E-state index in [-0.39, 0.29) is 0 Å². The van der Waals surface area contributed by atoms with E-state index < -0.39 is 0 Å². The van der Waals surface area contributed by atoms with E-state index in [0.717, 1.165) is 61.6 Å². The van der Waals surface area contributed by atoms with E-state index in [2.05, 4.69) is 68.4 Å². The Morgan fingerprint density at radius 1 is 1.12 bits per heavy atom. The van der Waals surface area contributed by atoms with Gasteiger partial charge in [-0.15, -0.1) is 0 Å². The van der Waals surface area contributed by atoms with Gasteiger partial charge in [-0.25, -0.2) is 4.98 Å². The Bertz CT molecular complexity index is 1260. The van der Waals surface area contributed by atoms with E-state index in [9.17, 15) is 0 Å². The largest absolute Gasteiger partial charge is 0.369 e. The van der Waals surface area contributed by atoms with Gasteiger partial charge in [-0.1, -0.05) is 41.0 Å². The fourth-order valence-electron chi connectivity index (χ4n) is 4.66. The van der Waals surface area contributed by atoms with Crippen LogP contribution in [0.3, 0.4) is 0 Å². The first kappa shape index (κ1) is 22.6. The molecule has 0 spiro atoms. The highest BCUT2D eigenvalue weighted by molar-refractivity contribution is 6.30. The fraction of sp³-hybridized carbons (Fsp3) is 0.346. The van der Waals surface area contributed by atoms with Crippen molar-refractivity contribution in [1.82, 2.24) is 20.0 Å². The number of aromatic nitrogens is 3. The summed E-state index contributed by atoms with van der Waals surface area (Å²) in [4.78, 5) is 13.8. The molecule has 1 fully saturated rings. The van der Waals surface area contributed by atoms with Crippen molar-refractivity contribution in [2.24, 2.45) is 0 Å². The number of fused-ring (bicyclic) bond motifs is 1. The molecule has 7 nitrogen and oxygen atoms in total. The average Bonchev–Trinajstić information content (AvgIpc) is 3.27. The van der Waals surface area contributed by atoms with Crippen molar-refractivity contribution < 1.29 is 4.52 Å². The summed E-state index contributed by atoms with van der Waals surface area (Å²) in [6.45, 7) is 9.51. The summed E-state index contributed by atoms with van der Waals surface area (Å²) in [5, 5.41) is 9.18. The molecule has 0 amide bonds. The van der Waals surface area contributed by atoms with Crippen LogP contribution >= 0.6 is 11.6 Å². The molecule has 1 saturated heterocycles. The Hall–Kier alpha value is -3.16. The summed E-state index contributed by atoms with van der Waals surface area (Å²) in [5.41, 5.74) is 4.75. The molecule has 0 aliphatic carbocycles. The van der Waals surface area contributed by atoms with Crippen LogP contribution in [0.15, 0.2) is 59.4 Å². The number of halogens is 1. The maximum absolute atomic E-state index is 6.04. The molecule has 176 valence electrons. The number of hydrogen-bond donors (Lipinski definition) is 1. The molecule has 2 aromatic heterocycles. The molecule has 0 saturated carbocycles. The van der Waals surface area contributed by atoms with Crippen LogP contribution in [0, 0.1) is 6.92 Å². The second-order valence-corrected chi connectivity index (χ2v) is 9.34.